The molecule has 0 spiro atoms. The third-order valence-electron chi connectivity index (χ3n) is 2.90. The number of nitrogens with zero attached hydrogens (tertiary/aromatic N) is 1. The Labute approximate surface area is 117 Å². The third-order valence-corrected chi connectivity index (χ3v) is 3.64. The van der Waals surface area contributed by atoms with E-state index in [2.05, 4.69) is 22.1 Å². The molecule has 0 saturated carbocycles. The van der Waals surface area contributed by atoms with Crippen molar-refractivity contribution in [3.8, 4) is 0 Å². The van der Waals surface area contributed by atoms with Crippen LogP contribution >= 0.6 is 11.3 Å². The Hall–Kier alpha value is -1.81. The molecule has 0 radical (unpaired) electrons. The van der Waals surface area contributed by atoms with E-state index in [4.69, 9.17) is 0 Å². The summed E-state index contributed by atoms with van der Waals surface area (Å²) in [6.07, 6.45) is 0.878. The second-order valence-corrected chi connectivity index (χ2v) is 5.36. The first-order valence-corrected chi connectivity index (χ1v) is 7.18. The van der Waals surface area contributed by atoms with E-state index >= 15 is 0 Å². The second-order valence-electron chi connectivity index (χ2n) is 4.58. The smallest absolute Gasteiger partial charge is 0.251 e. The van der Waals surface area contributed by atoms with Gasteiger partial charge in [-0.3, -0.25) is 4.79 Å². The Morgan fingerprint density at radius 3 is 2.84 bits per heavy atom. The number of hydrogen-bond donors (Lipinski definition) is 1. The predicted molar refractivity (Wildman–Crippen MR) is 81.1 cm³/mol. The molecular weight excluding hydrogens is 256 g/mol. The first kappa shape index (κ1) is 13.6. The number of benzene rings is 1. The van der Waals surface area contributed by atoms with Gasteiger partial charge in [0, 0.05) is 31.9 Å². The van der Waals surface area contributed by atoms with Crippen molar-refractivity contribution in [3.63, 3.8) is 0 Å². The molecule has 0 saturated heterocycles. The van der Waals surface area contributed by atoms with Gasteiger partial charge in [0.1, 0.15) is 0 Å². The molecule has 0 aliphatic rings. The van der Waals surface area contributed by atoms with Crippen molar-refractivity contribution in [1.29, 1.82) is 0 Å². The summed E-state index contributed by atoms with van der Waals surface area (Å²) in [7, 11) is 3.93. The number of carbonyl (C=O) groups excluding carboxylic acids is 1. The normalized spacial score (nSPS) is 10.2. The molecule has 4 heteroatoms. The van der Waals surface area contributed by atoms with Gasteiger partial charge in [-0.15, -0.1) is 0 Å². The Balaban J connectivity index is 1.90. The molecule has 0 aliphatic heterocycles. The Morgan fingerprint density at radius 1 is 1.32 bits per heavy atom. The van der Waals surface area contributed by atoms with Crippen LogP contribution in [0, 0.1) is 0 Å². The first-order valence-electron chi connectivity index (χ1n) is 6.23. The van der Waals surface area contributed by atoms with Crippen LogP contribution in [0.5, 0.6) is 0 Å². The van der Waals surface area contributed by atoms with E-state index in [0.717, 1.165) is 12.1 Å². The highest BCUT2D eigenvalue weighted by Crippen LogP contribution is 2.13. The lowest BCUT2D eigenvalue weighted by Gasteiger charge is -2.13. The molecule has 1 aromatic heterocycles. The second kappa shape index (κ2) is 6.38. The molecule has 0 bridgehead atoms. The molecule has 0 atom stereocenters. The van der Waals surface area contributed by atoms with Gasteiger partial charge in [-0.25, -0.2) is 0 Å². The summed E-state index contributed by atoms with van der Waals surface area (Å²) in [5.41, 5.74) is 3.01. The minimum absolute atomic E-state index is 0.0149. The van der Waals surface area contributed by atoms with Crippen molar-refractivity contribution in [2.75, 3.05) is 25.5 Å². The molecule has 1 heterocycles. The van der Waals surface area contributed by atoms with Gasteiger partial charge in [-0.05, 0) is 47.0 Å². The monoisotopic (exact) mass is 274 g/mol. The summed E-state index contributed by atoms with van der Waals surface area (Å²) in [6.45, 7) is 0.668. The van der Waals surface area contributed by atoms with Gasteiger partial charge in [0.05, 0.1) is 0 Å². The van der Waals surface area contributed by atoms with Gasteiger partial charge in [0.15, 0.2) is 0 Å². The fraction of sp³-hybridized carbons (Fsp3) is 0.267. The van der Waals surface area contributed by atoms with Crippen LogP contribution in [-0.4, -0.2) is 26.5 Å². The van der Waals surface area contributed by atoms with Crippen LogP contribution in [0.2, 0.25) is 0 Å². The van der Waals surface area contributed by atoms with Crippen molar-refractivity contribution >= 4 is 22.9 Å². The van der Waals surface area contributed by atoms with Gasteiger partial charge in [0.2, 0.25) is 0 Å². The first-order chi connectivity index (χ1) is 9.16. The molecule has 100 valence electrons. The van der Waals surface area contributed by atoms with Crippen LogP contribution < -0.4 is 10.2 Å². The van der Waals surface area contributed by atoms with Crippen LogP contribution in [-0.2, 0) is 6.42 Å². The molecule has 1 amide bonds. The van der Waals surface area contributed by atoms with Gasteiger partial charge >= 0.3 is 0 Å². The number of carbonyl (C=O) groups is 1. The van der Waals surface area contributed by atoms with E-state index in [9.17, 15) is 4.79 Å². The Morgan fingerprint density at radius 2 is 2.16 bits per heavy atom. The average molecular weight is 274 g/mol. The summed E-state index contributed by atoms with van der Waals surface area (Å²) < 4.78 is 0. The van der Waals surface area contributed by atoms with Gasteiger partial charge in [-0.2, -0.15) is 11.3 Å². The van der Waals surface area contributed by atoms with E-state index in [-0.39, 0.29) is 5.91 Å². The van der Waals surface area contributed by atoms with E-state index in [0.29, 0.717) is 12.1 Å². The van der Waals surface area contributed by atoms with E-state index in [1.807, 2.05) is 43.3 Å². The topological polar surface area (TPSA) is 32.3 Å². The van der Waals surface area contributed by atoms with Crippen LogP contribution in [0.1, 0.15) is 15.9 Å². The number of anilines is 1. The van der Waals surface area contributed by atoms with E-state index in [1.54, 1.807) is 11.3 Å². The van der Waals surface area contributed by atoms with E-state index < -0.39 is 0 Å². The molecular formula is C15H18N2OS. The number of thiophene rings is 1. The minimum atomic E-state index is -0.0149. The highest BCUT2D eigenvalue weighted by atomic mass is 32.1. The number of nitrogens with one attached hydrogen (secondary N) is 1. The summed E-state index contributed by atoms with van der Waals surface area (Å²) in [6, 6.07) is 9.72. The SMILES string of the molecule is CN(C)c1cccc(C(=O)NCCc2ccsc2)c1. The quantitative estimate of drug-likeness (QED) is 0.909. The maximum atomic E-state index is 12.0. The average Bonchev–Trinajstić information content (AvgIpc) is 2.92. The largest absolute Gasteiger partial charge is 0.378 e. The maximum Gasteiger partial charge on any atom is 0.251 e. The van der Waals surface area contributed by atoms with E-state index in [1.165, 1.54) is 5.56 Å². The fourth-order valence-electron chi connectivity index (χ4n) is 1.78. The molecule has 3 nitrogen and oxygen atoms in total. The third kappa shape index (κ3) is 3.83. The Kier molecular flexibility index (Phi) is 4.58. The zero-order valence-corrected chi connectivity index (χ0v) is 12.0. The lowest BCUT2D eigenvalue weighted by atomic mass is 10.1. The highest BCUT2D eigenvalue weighted by Gasteiger charge is 2.06. The van der Waals surface area contributed by atoms with Crippen LogP contribution in [0.3, 0.4) is 0 Å². The Bertz CT molecular complexity index is 535. The van der Waals surface area contributed by atoms with Crippen LogP contribution in [0.15, 0.2) is 41.1 Å². The lowest BCUT2D eigenvalue weighted by molar-refractivity contribution is 0.0954. The summed E-state index contributed by atoms with van der Waals surface area (Å²) >= 11 is 1.68. The van der Waals surface area contributed by atoms with Crippen LogP contribution in [0.25, 0.3) is 0 Å². The summed E-state index contributed by atoms with van der Waals surface area (Å²) in [5, 5.41) is 7.11. The van der Waals surface area contributed by atoms with Crippen molar-refractivity contribution in [2.24, 2.45) is 0 Å². The van der Waals surface area contributed by atoms with Gasteiger partial charge in [0.25, 0.3) is 5.91 Å². The molecule has 2 aromatic rings. The zero-order valence-electron chi connectivity index (χ0n) is 11.2. The van der Waals surface area contributed by atoms with Gasteiger partial charge in [-0.1, -0.05) is 6.07 Å². The predicted octanol–water partition coefficient (Wildman–Crippen LogP) is 2.79. The van der Waals surface area contributed by atoms with Crippen LogP contribution in [0.4, 0.5) is 5.69 Å². The molecule has 0 fully saturated rings. The fourth-order valence-corrected chi connectivity index (χ4v) is 2.49. The number of hydrogen-bond acceptors (Lipinski definition) is 3. The standard InChI is InChI=1S/C15H18N2OS/c1-17(2)14-5-3-4-13(10-14)15(18)16-8-6-12-7-9-19-11-12/h3-5,7,9-11H,6,8H2,1-2H3,(H,16,18). The number of amides is 1. The van der Waals surface area contributed by atoms with Crippen molar-refractivity contribution in [2.45, 2.75) is 6.42 Å². The number of rotatable bonds is 5. The summed E-state index contributed by atoms with van der Waals surface area (Å²) in [5.74, 6) is -0.0149. The maximum absolute atomic E-state index is 12.0. The molecule has 1 aromatic carbocycles. The lowest BCUT2D eigenvalue weighted by Crippen LogP contribution is -2.25. The van der Waals surface area contributed by atoms with Gasteiger partial charge < -0.3 is 10.2 Å². The van der Waals surface area contributed by atoms with Crippen molar-refractivity contribution in [1.82, 2.24) is 5.32 Å². The molecule has 0 aliphatic carbocycles. The molecule has 2 rings (SSSR count). The zero-order chi connectivity index (χ0) is 13.7. The highest BCUT2D eigenvalue weighted by molar-refractivity contribution is 7.07. The molecule has 19 heavy (non-hydrogen) atoms. The van der Waals surface area contributed by atoms with Crippen molar-refractivity contribution in [3.05, 3.63) is 52.2 Å². The molecule has 0 unspecified atom stereocenters. The molecule has 1 N–H and O–H groups in total. The summed E-state index contributed by atoms with van der Waals surface area (Å²) in [4.78, 5) is 14.0. The van der Waals surface area contributed by atoms with Crippen molar-refractivity contribution < 1.29 is 4.79 Å². The minimum Gasteiger partial charge on any atom is -0.378 e.